The van der Waals surface area contributed by atoms with Crippen LogP contribution in [0.4, 0.5) is 0 Å². The van der Waals surface area contributed by atoms with E-state index in [0.717, 1.165) is 23.5 Å². The second-order valence-corrected chi connectivity index (χ2v) is 5.61. The maximum atomic E-state index is 11.8. The highest BCUT2D eigenvalue weighted by Gasteiger charge is 2.18. The molecule has 1 aromatic rings. The molecule has 0 fully saturated rings. The maximum Gasteiger partial charge on any atom is 0.326 e. The molecule has 0 aromatic heterocycles. The van der Waals surface area contributed by atoms with Gasteiger partial charge in [0.15, 0.2) is 0 Å². The standard InChI is InChI=1S/C15H21NO4S/c1-3-4-5-13(15(18)19)16-14(17)10-21-12-8-6-11(20-2)7-9-12/h6-9,13H,3-5,10H2,1-2H3,(H,16,17)(H,18,19). The molecule has 116 valence electrons. The van der Waals surface area contributed by atoms with Crippen LogP contribution in [0.15, 0.2) is 29.2 Å². The van der Waals surface area contributed by atoms with Crippen LogP contribution in [0.2, 0.25) is 0 Å². The van der Waals surface area contributed by atoms with Crippen molar-refractivity contribution in [3.63, 3.8) is 0 Å². The summed E-state index contributed by atoms with van der Waals surface area (Å²) in [6.45, 7) is 1.99. The topological polar surface area (TPSA) is 75.6 Å². The van der Waals surface area contributed by atoms with Gasteiger partial charge in [-0.2, -0.15) is 0 Å². The van der Waals surface area contributed by atoms with Crippen LogP contribution in [0.3, 0.4) is 0 Å². The van der Waals surface area contributed by atoms with Gasteiger partial charge in [0.2, 0.25) is 5.91 Å². The molecule has 0 saturated carbocycles. The fraction of sp³-hybridized carbons (Fsp3) is 0.467. The van der Waals surface area contributed by atoms with E-state index in [9.17, 15) is 9.59 Å². The zero-order valence-corrected chi connectivity index (χ0v) is 13.1. The number of aliphatic carboxylic acids is 1. The minimum Gasteiger partial charge on any atom is -0.497 e. The van der Waals surface area contributed by atoms with Crippen LogP contribution in [0.25, 0.3) is 0 Å². The number of carbonyl (C=O) groups excluding carboxylic acids is 1. The molecule has 0 spiro atoms. The van der Waals surface area contributed by atoms with Crippen LogP contribution >= 0.6 is 11.8 Å². The number of hydrogen-bond donors (Lipinski definition) is 2. The van der Waals surface area contributed by atoms with Gasteiger partial charge in [-0.25, -0.2) is 4.79 Å². The number of carbonyl (C=O) groups is 2. The SMILES string of the molecule is CCCCC(NC(=O)CSc1ccc(OC)cc1)C(=O)O. The molecule has 5 nitrogen and oxygen atoms in total. The summed E-state index contributed by atoms with van der Waals surface area (Å²) in [6.07, 6.45) is 2.15. The molecule has 21 heavy (non-hydrogen) atoms. The Labute approximate surface area is 129 Å². The molecule has 1 rings (SSSR count). The first-order chi connectivity index (χ1) is 10.1. The van der Waals surface area contributed by atoms with Crippen molar-refractivity contribution in [3.05, 3.63) is 24.3 Å². The second-order valence-electron chi connectivity index (χ2n) is 4.56. The number of carboxylic acid groups (broad SMARTS) is 1. The molecule has 0 aliphatic carbocycles. The highest BCUT2D eigenvalue weighted by Crippen LogP contribution is 2.21. The van der Waals surface area contributed by atoms with Crippen molar-refractivity contribution in [1.82, 2.24) is 5.32 Å². The Morgan fingerprint density at radius 2 is 2.00 bits per heavy atom. The van der Waals surface area contributed by atoms with Crippen molar-refractivity contribution in [2.24, 2.45) is 0 Å². The number of ether oxygens (including phenoxy) is 1. The minimum absolute atomic E-state index is 0.197. The maximum absolute atomic E-state index is 11.8. The van der Waals surface area contributed by atoms with E-state index >= 15 is 0 Å². The van der Waals surface area contributed by atoms with Crippen molar-refractivity contribution < 1.29 is 19.4 Å². The number of benzene rings is 1. The number of amides is 1. The summed E-state index contributed by atoms with van der Waals surface area (Å²) in [5, 5.41) is 11.6. The Kier molecular flexibility index (Phi) is 7.68. The van der Waals surface area contributed by atoms with Gasteiger partial charge in [-0.1, -0.05) is 19.8 Å². The third-order valence-electron chi connectivity index (χ3n) is 2.91. The Bertz CT molecular complexity index is 461. The third kappa shape index (κ3) is 6.53. The fourth-order valence-electron chi connectivity index (χ4n) is 1.72. The van der Waals surface area contributed by atoms with Crippen molar-refractivity contribution in [3.8, 4) is 5.75 Å². The van der Waals surface area contributed by atoms with Crippen LogP contribution in [0.1, 0.15) is 26.2 Å². The lowest BCUT2D eigenvalue weighted by molar-refractivity contribution is -0.141. The molecule has 1 atom stereocenters. The number of carboxylic acids is 1. The van der Waals surface area contributed by atoms with Gasteiger partial charge >= 0.3 is 5.97 Å². The zero-order valence-electron chi connectivity index (χ0n) is 12.3. The molecular weight excluding hydrogens is 290 g/mol. The Balaban J connectivity index is 2.42. The summed E-state index contributed by atoms with van der Waals surface area (Å²) in [7, 11) is 1.60. The normalized spacial score (nSPS) is 11.7. The molecule has 1 aromatic carbocycles. The third-order valence-corrected chi connectivity index (χ3v) is 3.92. The number of methoxy groups -OCH3 is 1. The molecule has 1 unspecified atom stereocenters. The van der Waals surface area contributed by atoms with E-state index in [1.165, 1.54) is 11.8 Å². The van der Waals surface area contributed by atoms with E-state index in [2.05, 4.69) is 5.32 Å². The number of nitrogens with one attached hydrogen (secondary N) is 1. The summed E-state index contributed by atoms with van der Waals surface area (Å²) in [6, 6.07) is 6.57. The van der Waals surface area contributed by atoms with Gasteiger partial charge in [-0.15, -0.1) is 11.8 Å². The van der Waals surface area contributed by atoms with Gasteiger partial charge in [0.05, 0.1) is 12.9 Å². The smallest absolute Gasteiger partial charge is 0.326 e. The van der Waals surface area contributed by atoms with Gasteiger partial charge in [0.25, 0.3) is 0 Å². The molecule has 0 radical (unpaired) electrons. The van der Waals surface area contributed by atoms with Gasteiger partial charge in [-0.3, -0.25) is 4.79 Å². The van der Waals surface area contributed by atoms with Crippen LogP contribution < -0.4 is 10.1 Å². The number of thioether (sulfide) groups is 1. The summed E-state index contributed by atoms with van der Waals surface area (Å²) in [5.41, 5.74) is 0. The number of unbranched alkanes of at least 4 members (excludes halogenated alkanes) is 1. The Morgan fingerprint density at radius 3 is 2.52 bits per heavy atom. The van der Waals surface area contributed by atoms with Crippen LogP contribution in [0.5, 0.6) is 5.75 Å². The lowest BCUT2D eigenvalue weighted by atomic mass is 10.1. The van der Waals surface area contributed by atoms with Gasteiger partial charge in [-0.05, 0) is 30.7 Å². The molecule has 0 aliphatic rings. The number of hydrogen-bond acceptors (Lipinski definition) is 4. The highest BCUT2D eigenvalue weighted by atomic mass is 32.2. The second kappa shape index (κ2) is 9.28. The lowest BCUT2D eigenvalue weighted by Gasteiger charge is -2.13. The molecule has 0 aliphatic heterocycles. The van der Waals surface area contributed by atoms with Crippen molar-refractivity contribution in [2.75, 3.05) is 12.9 Å². The van der Waals surface area contributed by atoms with E-state index in [1.54, 1.807) is 7.11 Å². The van der Waals surface area contributed by atoms with E-state index in [1.807, 2.05) is 31.2 Å². The quantitative estimate of drug-likeness (QED) is 0.685. The average molecular weight is 311 g/mol. The lowest BCUT2D eigenvalue weighted by Crippen LogP contribution is -2.41. The minimum atomic E-state index is -0.980. The van der Waals surface area contributed by atoms with Gasteiger partial charge in [0.1, 0.15) is 11.8 Å². The van der Waals surface area contributed by atoms with Crippen molar-refractivity contribution >= 4 is 23.6 Å². The predicted octanol–water partition coefficient (Wildman–Crippen LogP) is 2.55. The first-order valence-corrected chi connectivity index (χ1v) is 7.84. The molecular formula is C15H21NO4S. The van der Waals surface area contributed by atoms with Crippen LogP contribution in [0, 0.1) is 0 Å². The van der Waals surface area contributed by atoms with E-state index in [0.29, 0.717) is 6.42 Å². The van der Waals surface area contributed by atoms with Crippen LogP contribution in [-0.2, 0) is 9.59 Å². The van der Waals surface area contributed by atoms with Crippen LogP contribution in [-0.4, -0.2) is 35.9 Å². The molecule has 0 saturated heterocycles. The molecule has 0 bridgehead atoms. The summed E-state index contributed by atoms with van der Waals surface area (Å²) >= 11 is 1.36. The molecule has 6 heteroatoms. The van der Waals surface area contributed by atoms with Gasteiger partial charge in [0, 0.05) is 4.90 Å². The monoisotopic (exact) mass is 311 g/mol. The largest absolute Gasteiger partial charge is 0.497 e. The van der Waals surface area contributed by atoms with Gasteiger partial charge < -0.3 is 15.2 Å². The predicted molar refractivity (Wildman–Crippen MR) is 82.8 cm³/mol. The fourth-order valence-corrected chi connectivity index (χ4v) is 2.43. The van der Waals surface area contributed by atoms with Crippen molar-refractivity contribution in [1.29, 1.82) is 0 Å². The van der Waals surface area contributed by atoms with E-state index in [4.69, 9.17) is 9.84 Å². The molecule has 1 amide bonds. The van der Waals surface area contributed by atoms with E-state index < -0.39 is 12.0 Å². The number of rotatable bonds is 9. The first-order valence-electron chi connectivity index (χ1n) is 6.85. The first kappa shape index (κ1) is 17.4. The summed E-state index contributed by atoms with van der Waals surface area (Å²) < 4.78 is 5.06. The van der Waals surface area contributed by atoms with E-state index in [-0.39, 0.29) is 11.7 Å². The van der Waals surface area contributed by atoms with Crippen molar-refractivity contribution in [2.45, 2.75) is 37.1 Å². The average Bonchev–Trinajstić information content (AvgIpc) is 2.49. The molecule has 0 heterocycles. The summed E-state index contributed by atoms with van der Waals surface area (Å²) in [4.78, 5) is 23.8. The Hall–Kier alpha value is -1.69. The summed E-state index contributed by atoms with van der Waals surface area (Å²) in [5.74, 6) is -0.290. The molecule has 2 N–H and O–H groups in total. The zero-order chi connectivity index (χ0) is 15.7. The Morgan fingerprint density at radius 1 is 1.33 bits per heavy atom. The highest BCUT2D eigenvalue weighted by molar-refractivity contribution is 8.00.